The van der Waals surface area contributed by atoms with Crippen LogP contribution in [0, 0.1) is 23.7 Å². The van der Waals surface area contributed by atoms with Crippen LogP contribution in [0.4, 0.5) is 4.79 Å². The monoisotopic (exact) mass is 270 g/mol. The first-order valence-electron chi connectivity index (χ1n) is 7.14. The lowest BCUT2D eigenvalue weighted by Gasteiger charge is -2.17. The van der Waals surface area contributed by atoms with Crippen molar-refractivity contribution in [2.75, 3.05) is 13.1 Å². The summed E-state index contributed by atoms with van der Waals surface area (Å²) >= 11 is 0. The highest BCUT2D eigenvalue weighted by molar-refractivity contribution is 5.75. The molecule has 5 heteroatoms. The first-order valence-corrected chi connectivity index (χ1v) is 7.14. The third-order valence-corrected chi connectivity index (χ3v) is 3.96. The van der Waals surface area contributed by atoms with Gasteiger partial charge in [0.25, 0.3) is 0 Å². The first-order chi connectivity index (χ1) is 8.90. The second-order valence-corrected chi connectivity index (χ2v) is 6.06. The van der Waals surface area contributed by atoms with Crippen molar-refractivity contribution in [1.29, 1.82) is 0 Å². The van der Waals surface area contributed by atoms with Crippen molar-refractivity contribution in [2.45, 2.75) is 40.0 Å². The Hall–Kier alpha value is -1.26. The quantitative estimate of drug-likeness (QED) is 0.691. The Morgan fingerprint density at radius 1 is 1.26 bits per heavy atom. The summed E-state index contributed by atoms with van der Waals surface area (Å²) in [5, 5.41) is 14.5. The molecule has 19 heavy (non-hydrogen) atoms. The SMILES string of the molecule is CC1CCC(CNC(=O)NCC(C(=O)O)C(C)C)C1. The zero-order chi connectivity index (χ0) is 14.4. The lowest BCUT2D eigenvalue weighted by molar-refractivity contribution is -0.142. The number of hydrogen-bond donors (Lipinski definition) is 3. The van der Waals surface area contributed by atoms with Gasteiger partial charge in [0.15, 0.2) is 0 Å². The first kappa shape index (κ1) is 15.8. The molecule has 0 radical (unpaired) electrons. The van der Waals surface area contributed by atoms with Crippen molar-refractivity contribution in [3.05, 3.63) is 0 Å². The van der Waals surface area contributed by atoms with Crippen LogP contribution < -0.4 is 10.6 Å². The van der Waals surface area contributed by atoms with Crippen LogP contribution in [0.3, 0.4) is 0 Å². The van der Waals surface area contributed by atoms with E-state index in [0.717, 1.165) is 5.92 Å². The lowest BCUT2D eigenvalue weighted by Crippen LogP contribution is -2.42. The predicted molar refractivity (Wildman–Crippen MR) is 73.9 cm³/mol. The number of amides is 2. The molecule has 0 heterocycles. The maximum atomic E-state index is 11.6. The molecule has 3 N–H and O–H groups in total. The number of nitrogens with one attached hydrogen (secondary N) is 2. The molecule has 1 fully saturated rings. The molecule has 1 aliphatic carbocycles. The number of carbonyl (C=O) groups is 2. The number of carboxylic acid groups (broad SMARTS) is 1. The standard InChI is InChI=1S/C14H26N2O3/c1-9(2)12(13(17)18)8-16-14(19)15-7-11-5-4-10(3)6-11/h9-12H,4-8H2,1-3H3,(H,17,18)(H2,15,16,19). The molecule has 1 saturated carbocycles. The molecule has 0 aromatic carbocycles. The number of carbonyl (C=O) groups excluding carboxylic acids is 1. The van der Waals surface area contributed by atoms with Gasteiger partial charge in [0, 0.05) is 13.1 Å². The van der Waals surface area contributed by atoms with Crippen molar-refractivity contribution in [3.63, 3.8) is 0 Å². The molecule has 3 unspecified atom stereocenters. The Kier molecular flexibility index (Phi) is 6.12. The molecule has 0 bridgehead atoms. The van der Waals surface area contributed by atoms with Gasteiger partial charge >= 0.3 is 12.0 Å². The van der Waals surface area contributed by atoms with Gasteiger partial charge in [-0.2, -0.15) is 0 Å². The van der Waals surface area contributed by atoms with Crippen molar-refractivity contribution >= 4 is 12.0 Å². The molecule has 0 aliphatic heterocycles. The van der Waals surface area contributed by atoms with E-state index >= 15 is 0 Å². The van der Waals surface area contributed by atoms with Crippen LogP contribution >= 0.6 is 0 Å². The van der Waals surface area contributed by atoms with Gasteiger partial charge in [0.1, 0.15) is 0 Å². The van der Waals surface area contributed by atoms with Gasteiger partial charge in [-0.25, -0.2) is 4.79 Å². The average Bonchev–Trinajstić information content (AvgIpc) is 2.71. The normalized spacial score (nSPS) is 24.2. The van der Waals surface area contributed by atoms with Crippen LogP contribution in [0.25, 0.3) is 0 Å². The maximum Gasteiger partial charge on any atom is 0.314 e. The third-order valence-electron chi connectivity index (χ3n) is 3.96. The van der Waals surface area contributed by atoms with Gasteiger partial charge in [-0.05, 0) is 30.6 Å². The van der Waals surface area contributed by atoms with Crippen LogP contribution in [-0.2, 0) is 4.79 Å². The zero-order valence-electron chi connectivity index (χ0n) is 12.1. The van der Waals surface area contributed by atoms with E-state index in [9.17, 15) is 9.59 Å². The van der Waals surface area contributed by atoms with Gasteiger partial charge < -0.3 is 15.7 Å². The van der Waals surface area contributed by atoms with E-state index in [1.54, 1.807) is 0 Å². The maximum absolute atomic E-state index is 11.6. The van der Waals surface area contributed by atoms with E-state index in [0.29, 0.717) is 12.5 Å². The largest absolute Gasteiger partial charge is 0.481 e. The van der Waals surface area contributed by atoms with Crippen LogP contribution in [-0.4, -0.2) is 30.2 Å². The summed E-state index contributed by atoms with van der Waals surface area (Å²) in [6.07, 6.45) is 3.58. The third kappa shape index (κ3) is 5.49. The molecular formula is C14H26N2O3. The molecule has 0 aromatic heterocycles. The fourth-order valence-corrected chi connectivity index (χ4v) is 2.62. The van der Waals surface area contributed by atoms with Gasteiger partial charge in [0.2, 0.25) is 0 Å². The summed E-state index contributed by atoms with van der Waals surface area (Å²) in [4.78, 5) is 22.6. The van der Waals surface area contributed by atoms with E-state index in [-0.39, 0.29) is 18.5 Å². The molecular weight excluding hydrogens is 244 g/mol. The Morgan fingerprint density at radius 3 is 2.42 bits per heavy atom. The highest BCUT2D eigenvalue weighted by atomic mass is 16.4. The molecule has 3 atom stereocenters. The lowest BCUT2D eigenvalue weighted by atomic mass is 9.96. The summed E-state index contributed by atoms with van der Waals surface area (Å²) in [7, 11) is 0. The topological polar surface area (TPSA) is 78.4 Å². The predicted octanol–water partition coefficient (Wildman–Crippen LogP) is 2.08. The smallest absolute Gasteiger partial charge is 0.314 e. The second kappa shape index (κ2) is 7.36. The summed E-state index contributed by atoms with van der Waals surface area (Å²) in [5.41, 5.74) is 0. The van der Waals surface area contributed by atoms with Crippen molar-refractivity contribution in [3.8, 4) is 0 Å². The fourth-order valence-electron chi connectivity index (χ4n) is 2.62. The molecule has 0 saturated heterocycles. The Labute approximate surface area is 115 Å². The molecule has 1 aliphatic rings. The minimum atomic E-state index is -0.861. The molecule has 110 valence electrons. The average molecular weight is 270 g/mol. The van der Waals surface area contributed by atoms with Gasteiger partial charge in [-0.3, -0.25) is 4.79 Å². The number of aliphatic carboxylic acids is 1. The van der Waals surface area contributed by atoms with Crippen LogP contribution in [0.5, 0.6) is 0 Å². The van der Waals surface area contributed by atoms with Gasteiger partial charge in [-0.1, -0.05) is 27.2 Å². The van der Waals surface area contributed by atoms with E-state index in [1.165, 1.54) is 19.3 Å². The van der Waals surface area contributed by atoms with Crippen LogP contribution in [0.1, 0.15) is 40.0 Å². The number of carboxylic acids is 1. The second-order valence-electron chi connectivity index (χ2n) is 6.06. The van der Waals surface area contributed by atoms with Crippen molar-refractivity contribution in [2.24, 2.45) is 23.7 Å². The number of urea groups is 1. The fraction of sp³-hybridized carbons (Fsp3) is 0.857. The summed E-state index contributed by atoms with van der Waals surface area (Å²) in [5.74, 6) is -0.0565. The summed E-state index contributed by atoms with van der Waals surface area (Å²) in [6.45, 7) is 6.80. The summed E-state index contributed by atoms with van der Waals surface area (Å²) < 4.78 is 0. The minimum absolute atomic E-state index is 0.00785. The molecule has 5 nitrogen and oxygen atoms in total. The van der Waals surface area contributed by atoms with Gasteiger partial charge in [-0.15, -0.1) is 0 Å². The number of rotatable bonds is 6. The van der Waals surface area contributed by atoms with E-state index < -0.39 is 11.9 Å². The molecule has 2 amide bonds. The minimum Gasteiger partial charge on any atom is -0.481 e. The highest BCUT2D eigenvalue weighted by Crippen LogP contribution is 2.29. The zero-order valence-corrected chi connectivity index (χ0v) is 12.1. The van der Waals surface area contributed by atoms with Gasteiger partial charge in [0.05, 0.1) is 5.92 Å². The Bertz CT molecular complexity index is 318. The summed E-state index contributed by atoms with van der Waals surface area (Å²) in [6, 6.07) is -0.258. The van der Waals surface area contributed by atoms with Crippen molar-refractivity contribution in [1.82, 2.24) is 10.6 Å². The number of hydrogen-bond acceptors (Lipinski definition) is 2. The van der Waals surface area contributed by atoms with E-state index in [2.05, 4.69) is 17.6 Å². The Balaban J connectivity index is 2.22. The molecule has 0 aromatic rings. The van der Waals surface area contributed by atoms with Crippen molar-refractivity contribution < 1.29 is 14.7 Å². The highest BCUT2D eigenvalue weighted by Gasteiger charge is 2.23. The molecule has 1 rings (SSSR count). The van der Waals surface area contributed by atoms with Crippen LogP contribution in [0.15, 0.2) is 0 Å². The van der Waals surface area contributed by atoms with Crippen LogP contribution in [0.2, 0.25) is 0 Å². The van der Waals surface area contributed by atoms with E-state index in [4.69, 9.17) is 5.11 Å². The Morgan fingerprint density at radius 2 is 1.95 bits per heavy atom. The molecule has 0 spiro atoms. The van der Waals surface area contributed by atoms with E-state index in [1.807, 2.05) is 13.8 Å².